The molecule has 0 aliphatic carbocycles. The number of amides is 1. The predicted molar refractivity (Wildman–Crippen MR) is 78.0 cm³/mol. The molecule has 0 aromatic carbocycles. The molecule has 0 saturated heterocycles. The number of hydrogen-bond acceptors (Lipinski definition) is 3. The lowest BCUT2D eigenvalue weighted by Crippen LogP contribution is -2.21. The number of nitrogens with two attached hydrogens (primary N) is 1. The molecule has 0 spiro atoms. The Labute approximate surface area is 115 Å². The zero-order chi connectivity index (χ0) is 14.4. The lowest BCUT2D eigenvalue weighted by atomic mass is 10.0. The van der Waals surface area contributed by atoms with Crippen molar-refractivity contribution in [2.24, 2.45) is 11.7 Å². The number of carbonyl (C=O) groups is 1. The first-order valence-electron chi connectivity index (χ1n) is 7.02. The summed E-state index contributed by atoms with van der Waals surface area (Å²) in [6, 6.07) is 2.09. The van der Waals surface area contributed by atoms with Gasteiger partial charge in [-0.15, -0.1) is 0 Å². The number of aromatic amines is 1. The van der Waals surface area contributed by atoms with Gasteiger partial charge < -0.3 is 11.1 Å². The van der Waals surface area contributed by atoms with E-state index in [0.29, 0.717) is 11.7 Å². The molecule has 2 atom stereocenters. The summed E-state index contributed by atoms with van der Waals surface area (Å²) in [5.41, 5.74) is 6.72. The molecule has 1 aromatic heterocycles. The summed E-state index contributed by atoms with van der Waals surface area (Å²) >= 11 is 0. The van der Waals surface area contributed by atoms with Crippen molar-refractivity contribution in [3.63, 3.8) is 0 Å². The molecule has 1 amide bonds. The van der Waals surface area contributed by atoms with E-state index >= 15 is 0 Å². The summed E-state index contributed by atoms with van der Waals surface area (Å²) in [7, 11) is 0. The third kappa shape index (κ3) is 5.42. The van der Waals surface area contributed by atoms with E-state index in [0.717, 1.165) is 25.0 Å². The van der Waals surface area contributed by atoms with Gasteiger partial charge in [0, 0.05) is 23.7 Å². The first-order chi connectivity index (χ1) is 8.90. The molecule has 0 saturated carbocycles. The van der Waals surface area contributed by atoms with Crippen molar-refractivity contribution in [2.45, 2.75) is 58.9 Å². The maximum absolute atomic E-state index is 12.0. The Balaban J connectivity index is 2.40. The van der Waals surface area contributed by atoms with Gasteiger partial charge in [0.15, 0.2) is 5.82 Å². The second-order valence-corrected chi connectivity index (χ2v) is 5.66. The molecule has 19 heavy (non-hydrogen) atoms. The van der Waals surface area contributed by atoms with Crippen molar-refractivity contribution in [3.8, 4) is 0 Å². The van der Waals surface area contributed by atoms with Crippen LogP contribution in [0.3, 0.4) is 0 Å². The lowest BCUT2D eigenvalue weighted by Gasteiger charge is -2.11. The quantitative estimate of drug-likeness (QED) is 0.709. The highest BCUT2D eigenvalue weighted by atomic mass is 16.1. The smallest absolute Gasteiger partial charge is 0.228 e. The van der Waals surface area contributed by atoms with Crippen LogP contribution in [0.15, 0.2) is 6.07 Å². The number of nitrogens with zero attached hydrogens (tertiary/aromatic N) is 1. The molecular formula is C14H26N4O. The molecule has 5 heteroatoms. The summed E-state index contributed by atoms with van der Waals surface area (Å²) in [6.07, 6.45) is 2.79. The average Bonchev–Trinajstić information content (AvgIpc) is 2.76. The number of rotatable bonds is 7. The predicted octanol–water partition coefficient (Wildman–Crippen LogP) is 2.63. The van der Waals surface area contributed by atoms with Crippen LogP contribution in [-0.4, -0.2) is 22.1 Å². The van der Waals surface area contributed by atoms with Crippen molar-refractivity contribution in [1.29, 1.82) is 0 Å². The standard InChI is InChI=1S/C14H26N4O/c1-9(2)12-8-13(18-17-12)16-14(19)10(3)6-5-7-11(4)15/h8-11H,5-7,15H2,1-4H3,(H2,16,17,18,19). The van der Waals surface area contributed by atoms with E-state index in [1.54, 1.807) is 0 Å². The van der Waals surface area contributed by atoms with Crippen molar-refractivity contribution in [1.82, 2.24) is 10.2 Å². The normalized spacial score (nSPS) is 14.4. The summed E-state index contributed by atoms with van der Waals surface area (Å²) in [5.74, 6) is 0.985. The van der Waals surface area contributed by atoms with Gasteiger partial charge >= 0.3 is 0 Å². The SMILES string of the molecule is CC(N)CCCC(C)C(=O)Nc1cc(C(C)C)[nH]n1. The van der Waals surface area contributed by atoms with Crippen molar-refractivity contribution >= 4 is 11.7 Å². The van der Waals surface area contributed by atoms with Crippen LogP contribution in [0.25, 0.3) is 0 Å². The fourth-order valence-corrected chi connectivity index (χ4v) is 1.82. The highest BCUT2D eigenvalue weighted by molar-refractivity contribution is 5.91. The Kier molecular flexibility index (Phi) is 6.02. The number of anilines is 1. The lowest BCUT2D eigenvalue weighted by molar-refractivity contribution is -0.119. The molecule has 1 heterocycles. The molecule has 0 aliphatic heterocycles. The summed E-state index contributed by atoms with van der Waals surface area (Å²) in [4.78, 5) is 12.0. The Morgan fingerprint density at radius 2 is 2.05 bits per heavy atom. The van der Waals surface area contributed by atoms with Crippen molar-refractivity contribution in [3.05, 3.63) is 11.8 Å². The van der Waals surface area contributed by atoms with Crippen LogP contribution in [0.4, 0.5) is 5.82 Å². The van der Waals surface area contributed by atoms with E-state index in [4.69, 9.17) is 5.73 Å². The Morgan fingerprint density at radius 1 is 1.37 bits per heavy atom. The second-order valence-electron chi connectivity index (χ2n) is 5.66. The van der Waals surface area contributed by atoms with Crippen LogP contribution in [0.1, 0.15) is 58.6 Å². The van der Waals surface area contributed by atoms with Crippen molar-refractivity contribution in [2.75, 3.05) is 5.32 Å². The number of nitrogens with one attached hydrogen (secondary N) is 2. The van der Waals surface area contributed by atoms with E-state index in [9.17, 15) is 4.79 Å². The van der Waals surface area contributed by atoms with E-state index in [2.05, 4.69) is 29.4 Å². The molecule has 1 rings (SSSR count). The van der Waals surface area contributed by atoms with Gasteiger partial charge in [0.1, 0.15) is 0 Å². The third-order valence-electron chi connectivity index (χ3n) is 3.22. The third-order valence-corrected chi connectivity index (χ3v) is 3.22. The number of hydrogen-bond donors (Lipinski definition) is 3. The van der Waals surface area contributed by atoms with Gasteiger partial charge in [-0.3, -0.25) is 9.89 Å². The highest BCUT2D eigenvalue weighted by Crippen LogP contribution is 2.16. The number of carbonyl (C=O) groups excluding carboxylic acids is 1. The zero-order valence-electron chi connectivity index (χ0n) is 12.4. The highest BCUT2D eigenvalue weighted by Gasteiger charge is 2.14. The second kappa shape index (κ2) is 7.28. The summed E-state index contributed by atoms with van der Waals surface area (Å²) < 4.78 is 0. The fourth-order valence-electron chi connectivity index (χ4n) is 1.82. The molecule has 0 aliphatic rings. The molecule has 5 nitrogen and oxygen atoms in total. The summed E-state index contributed by atoms with van der Waals surface area (Å²) in [5, 5.41) is 9.86. The van der Waals surface area contributed by atoms with Crippen LogP contribution >= 0.6 is 0 Å². The van der Waals surface area contributed by atoms with Gasteiger partial charge in [0.2, 0.25) is 5.91 Å². The van der Waals surface area contributed by atoms with E-state index in [1.165, 1.54) is 0 Å². The Bertz CT molecular complexity index is 398. The zero-order valence-corrected chi connectivity index (χ0v) is 12.4. The minimum absolute atomic E-state index is 0.0158. The minimum atomic E-state index is -0.0158. The van der Waals surface area contributed by atoms with Gasteiger partial charge in [-0.05, 0) is 25.7 Å². The number of aromatic nitrogens is 2. The largest absolute Gasteiger partial charge is 0.328 e. The molecule has 0 radical (unpaired) electrons. The van der Waals surface area contributed by atoms with Crippen LogP contribution in [-0.2, 0) is 4.79 Å². The molecule has 2 unspecified atom stereocenters. The topological polar surface area (TPSA) is 83.8 Å². The van der Waals surface area contributed by atoms with Crippen LogP contribution < -0.4 is 11.1 Å². The summed E-state index contributed by atoms with van der Waals surface area (Å²) in [6.45, 7) is 8.08. The van der Waals surface area contributed by atoms with Gasteiger partial charge in [-0.2, -0.15) is 5.10 Å². The molecule has 0 fully saturated rings. The molecule has 1 aromatic rings. The van der Waals surface area contributed by atoms with E-state index in [1.807, 2.05) is 19.9 Å². The minimum Gasteiger partial charge on any atom is -0.328 e. The Morgan fingerprint density at radius 3 is 2.58 bits per heavy atom. The van der Waals surface area contributed by atoms with Gasteiger partial charge in [0.25, 0.3) is 0 Å². The van der Waals surface area contributed by atoms with Crippen LogP contribution in [0.5, 0.6) is 0 Å². The fraction of sp³-hybridized carbons (Fsp3) is 0.714. The van der Waals surface area contributed by atoms with Crippen molar-refractivity contribution < 1.29 is 4.79 Å². The van der Waals surface area contributed by atoms with E-state index < -0.39 is 0 Å². The van der Waals surface area contributed by atoms with Crippen LogP contribution in [0, 0.1) is 5.92 Å². The van der Waals surface area contributed by atoms with Crippen LogP contribution in [0.2, 0.25) is 0 Å². The van der Waals surface area contributed by atoms with E-state index in [-0.39, 0.29) is 17.9 Å². The Hall–Kier alpha value is -1.36. The number of H-pyrrole nitrogens is 1. The molecule has 0 bridgehead atoms. The van der Waals surface area contributed by atoms with Gasteiger partial charge in [0.05, 0.1) is 0 Å². The molecular weight excluding hydrogens is 240 g/mol. The molecule has 4 N–H and O–H groups in total. The van der Waals surface area contributed by atoms with Gasteiger partial charge in [-0.1, -0.05) is 27.2 Å². The first kappa shape index (κ1) is 15.7. The first-order valence-corrected chi connectivity index (χ1v) is 7.02. The maximum Gasteiger partial charge on any atom is 0.228 e. The maximum atomic E-state index is 12.0. The monoisotopic (exact) mass is 266 g/mol. The van der Waals surface area contributed by atoms with Gasteiger partial charge in [-0.25, -0.2) is 0 Å². The average molecular weight is 266 g/mol. The molecule has 108 valence electrons.